The van der Waals surface area contributed by atoms with Crippen LogP contribution < -0.4 is 10.6 Å². The SMILES string of the molecule is N#C[C@@H]1CN(C(=O)[C@@H]2CC[C@@H]3CCNCC(CNC(=O)c4cc5cc(C(F)(F)P(=O)(O)O)ccc5s4)C(=O)N32)C[C@H]1c1ccccc1. The van der Waals surface area contributed by atoms with Crippen LogP contribution in [0, 0.1) is 23.2 Å². The van der Waals surface area contributed by atoms with E-state index in [1.54, 1.807) is 9.80 Å². The number of nitrogens with zero attached hydrogens (tertiary/aromatic N) is 3. The second-order valence-corrected chi connectivity index (χ2v) is 15.1. The highest BCUT2D eigenvalue weighted by Crippen LogP contribution is 2.59. The molecular formula is C32H34F2N5O6PS. The number of amides is 3. The van der Waals surface area contributed by atoms with Crippen LogP contribution in [0.1, 0.15) is 46.0 Å². The van der Waals surface area contributed by atoms with Gasteiger partial charge in [-0.3, -0.25) is 18.9 Å². The summed E-state index contributed by atoms with van der Waals surface area (Å²) in [5, 5.41) is 16.1. The summed E-state index contributed by atoms with van der Waals surface area (Å²) in [6.45, 7) is 1.59. The van der Waals surface area contributed by atoms with Crippen molar-refractivity contribution in [2.24, 2.45) is 11.8 Å². The normalized spacial score (nSPS) is 25.3. The number of alkyl halides is 2. The Morgan fingerprint density at radius 2 is 1.87 bits per heavy atom. The first-order valence-corrected chi connectivity index (χ1v) is 17.8. The monoisotopic (exact) mass is 685 g/mol. The van der Waals surface area contributed by atoms with Gasteiger partial charge in [-0.2, -0.15) is 14.0 Å². The van der Waals surface area contributed by atoms with E-state index in [9.17, 15) is 33.0 Å². The third-order valence-electron chi connectivity index (χ3n) is 9.42. The van der Waals surface area contributed by atoms with E-state index in [1.165, 1.54) is 12.1 Å². The summed E-state index contributed by atoms with van der Waals surface area (Å²) >= 11 is 1.03. The summed E-state index contributed by atoms with van der Waals surface area (Å²) in [6.07, 6.45) is 1.88. The Hall–Kier alpha value is -3.73. The molecule has 248 valence electrons. The van der Waals surface area contributed by atoms with Gasteiger partial charge in [0.15, 0.2) is 0 Å². The van der Waals surface area contributed by atoms with E-state index < -0.39 is 36.7 Å². The van der Waals surface area contributed by atoms with Crippen molar-refractivity contribution in [3.8, 4) is 6.07 Å². The van der Waals surface area contributed by atoms with Gasteiger partial charge in [0.25, 0.3) is 5.91 Å². The number of nitrogens with one attached hydrogen (secondary N) is 2. The lowest BCUT2D eigenvalue weighted by Crippen LogP contribution is -2.56. The number of nitriles is 1. The molecule has 3 aliphatic heterocycles. The molecule has 0 spiro atoms. The van der Waals surface area contributed by atoms with Gasteiger partial charge in [-0.05, 0) is 55.0 Å². The standard InChI is InChI=1S/C32H34F2N5O6PS/c33-32(34,46(43,44)45)23-6-9-27-20(12-23)13-28(47-27)29(40)37-16-22-15-36-11-10-24-7-8-26(39(24)30(22)41)31(42)38-17-21(14-35)25(18-38)19-4-2-1-3-5-19/h1-6,9,12-13,21-22,24-26,36H,7-8,10-11,15-18H2,(H,37,40)(H2,43,44,45)/t21-,22?,24-,25+,26+/m1/s1. The Morgan fingerprint density at radius 3 is 2.60 bits per heavy atom. The van der Waals surface area contributed by atoms with Crippen molar-refractivity contribution < 1.29 is 37.5 Å². The first kappa shape index (κ1) is 33.2. The van der Waals surface area contributed by atoms with Crippen LogP contribution in [0.2, 0.25) is 0 Å². The number of hydrogen-bond acceptors (Lipinski definition) is 7. The number of likely N-dealkylation sites (tertiary alicyclic amines) is 1. The molecule has 2 aromatic carbocycles. The van der Waals surface area contributed by atoms with Gasteiger partial charge in [-0.25, -0.2) is 0 Å². The van der Waals surface area contributed by atoms with Gasteiger partial charge in [-0.1, -0.05) is 36.4 Å². The fourth-order valence-electron chi connectivity index (χ4n) is 6.92. The van der Waals surface area contributed by atoms with E-state index in [2.05, 4.69) is 16.7 Å². The van der Waals surface area contributed by atoms with Gasteiger partial charge in [0.05, 0.1) is 22.8 Å². The van der Waals surface area contributed by atoms with Crippen molar-refractivity contribution in [3.05, 3.63) is 70.6 Å². The molecule has 6 rings (SSSR count). The van der Waals surface area contributed by atoms with Gasteiger partial charge in [0, 0.05) is 48.4 Å². The van der Waals surface area contributed by atoms with E-state index in [0.717, 1.165) is 29.0 Å². The number of fused-ring (bicyclic) bond motifs is 2. The Morgan fingerprint density at radius 1 is 1.11 bits per heavy atom. The quantitative estimate of drug-likeness (QED) is 0.274. The second-order valence-electron chi connectivity index (χ2n) is 12.3. The molecule has 47 heavy (non-hydrogen) atoms. The third-order valence-corrected chi connectivity index (χ3v) is 11.5. The fraction of sp³-hybridized carbons (Fsp3) is 0.438. The predicted octanol–water partition coefficient (Wildman–Crippen LogP) is 3.59. The molecule has 4 N–H and O–H groups in total. The van der Waals surface area contributed by atoms with Crippen molar-refractivity contribution >= 4 is 46.7 Å². The summed E-state index contributed by atoms with van der Waals surface area (Å²) in [5.41, 5.74) is -4.23. The van der Waals surface area contributed by atoms with Crippen LogP contribution in [0.3, 0.4) is 0 Å². The Balaban J connectivity index is 1.14. The zero-order valence-corrected chi connectivity index (χ0v) is 26.9. The highest BCUT2D eigenvalue weighted by Gasteiger charge is 2.50. The highest BCUT2D eigenvalue weighted by atomic mass is 32.1. The van der Waals surface area contributed by atoms with Gasteiger partial charge in [0.2, 0.25) is 11.8 Å². The maximum Gasteiger partial charge on any atom is 0.399 e. The molecule has 3 fully saturated rings. The molecule has 15 heteroatoms. The number of carbonyl (C=O) groups is 3. The molecule has 4 heterocycles. The number of rotatable bonds is 7. The molecule has 5 atom stereocenters. The predicted molar refractivity (Wildman–Crippen MR) is 170 cm³/mol. The number of carbonyl (C=O) groups excluding carboxylic acids is 3. The number of halogens is 2. The van der Waals surface area contributed by atoms with Crippen LogP contribution in [-0.4, -0.2) is 82.1 Å². The Labute approximate surface area is 273 Å². The van der Waals surface area contributed by atoms with Gasteiger partial charge in [-0.15, -0.1) is 11.3 Å². The molecule has 0 aliphatic carbocycles. The zero-order valence-electron chi connectivity index (χ0n) is 25.2. The van der Waals surface area contributed by atoms with Crippen LogP contribution >= 0.6 is 18.9 Å². The van der Waals surface area contributed by atoms with E-state index >= 15 is 0 Å². The van der Waals surface area contributed by atoms with Crippen LogP contribution in [0.15, 0.2) is 54.6 Å². The van der Waals surface area contributed by atoms with E-state index in [-0.39, 0.29) is 53.0 Å². The minimum atomic E-state index is -5.75. The molecule has 3 aromatic rings. The van der Waals surface area contributed by atoms with Crippen LogP contribution in [-0.2, 0) is 19.8 Å². The Bertz CT molecular complexity index is 1780. The molecule has 0 saturated carbocycles. The lowest BCUT2D eigenvalue weighted by Gasteiger charge is -2.36. The molecule has 11 nitrogen and oxygen atoms in total. The average Bonchev–Trinajstić information content (AvgIpc) is 3.79. The van der Waals surface area contributed by atoms with E-state index in [1.807, 2.05) is 30.3 Å². The Kier molecular flexibility index (Phi) is 9.21. The second kappa shape index (κ2) is 13.1. The van der Waals surface area contributed by atoms with Crippen molar-refractivity contribution in [1.29, 1.82) is 5.26 Å². The van der Waals surface area contributed by atoms with Gasteiger partial charge in [0.1, 0.15) is 6.04 Å². The molecule has 3 saturated heterocycles. The highest BCUT2D eigenvalue weighted by molar-refractivity contribution is 7.52. The molecule has 0 radical (unpaired) electrons. The number of benzene rings is 2. The van der Waals surface area contributed by atoms with Crippen molar-refractivity contribution in [3.63, 3.8) is 0 Å². The lowest BCUT2D eigenvalue weighted by molar-refractivity contribution is -0.147. The van der Waals surface area contributed by atoms with E-state index in [0.29, 0.717) is 43.6 Å². The first-order valence-electron chi connectivity index (χ1n) is 15.4. The minimum absolute atomic E-state index is 0.0269. The number of thiophene rings is 1. The lowest BCUT2D eigenvalue weighted by atomic mass is 9.90. The third kappa shape index (κ3) is 6.43. The largest absolute Gasteiger partial charge is 0.399 e. The maximum absolute atomic E-state index is 14.2. The molecule has 3 amide bonds. The maximum atomic E-state index is 14.2. The minimum Gasteiger partial charge on any atom is -0.350 e. The summed E-state index contributed by atoms with van der Waals surface area (Å²) in [6, 6.07) is 15.7. The molecule has 1 unspecified atom stereocenters. The van der Waals surface area contributed by atoms with Gasteiger partial charge >= 0.3 is 13.3 Å². The fourth-order valence-corrected chi connectivity index (χ4v) is 8.36. The molecule has 1 aromatic heterocycles. The summed E-state index contributed by atoms with van der Waals surface area (Å²) < 4.78 is 40.3. The van der Waals surface area contributed by atoms with Crippen LogP contribution in [0.5, 0.6) is 0 Å². The smallest absolute Gasteiger partial charge is 0.350 e. The van der Waals surface area contributed by atoms with Crippen LogP contribution in [0.4, 0.5) is 8.78 Å². The molecule has 0 bridgehead atoms. The summed E-state index contributed by atoms with van der Waals surface area (Å²) in [7, 11) is -5.75. The first-order chi connectivity index (χ1) is 22.4. The number of hydrogen-bond donors (Lipinski definition) is 4. The zero-order chi connectivity index (χ0) is 33.5. The molecule has 3 aliphatic rings. The topological polar surface area (TPSA) is 163 Å². The average molecular weight is 686 g/mol. The van der Waals surface area contributed by atoms with E-state index in [4.69, 9.17) is 9.79 Å². The van der Waals surface area contributed by atoms with Crippen LogP contribution in [0.25, 0.3) is 10.1 Å². The van der Waals surface area contributed by atoms with Gasteiger partial charge < -0.3 is 30.2 Å². The molecular weight excluding hydrogens is 651 g/mol. The van der Waals surface area contributed by atoms with Crippen molar-refractivity contribution in [1.82, 2.24) is 20.4 Å². The van der Waals surface area contributed by atoms with Crippen molar-refractivity contribution in [2.75, 3.05) is 32.7 Å². The van der Waals surface area contributed by atoms with Crippen molar-refractivity contribution in [2.45, 2.75) is 42.9 Å². The summed E-state index contributed by atoms with van der Waals surface area (Å²) in [5.74, 6) is -2.06. The summed E-state index contributed by atoms with van der Waals surface area (Å²) in [4.78, 5) is 62.8.